The van der Waals surface area contributed by atoms with Gasteiger partial charge in [0.25, 0.3) is 0 Å². The minimum atomic E-state index is -1.48. The number of nitrogens with zero attached hydrogens (tertiary/aromatic N) is 4. The maximum Gasteiger partial charge on any atom is 0.177 e. The molecule has 2 N–H and O–H groups in total. The quantitative estimate of drug-likeness (QED) is 0.131. The van der Waals surface area contributed by atoms with Crippen molar-refractivity contribution in [3.8, 4) is 23.7 Å². The number of pyridine rings is 2. The van der Waals surface area contributed by atoms with Crippen LogP contribution in [0.5, 0.6) is 0 Å². The van der Waals surface area contributed by atoms with Crippen molar-refractivity contribution >= 4 is 11.4 Å². The van der Waals surface area contributed by atoms with Gasteiger partial charge in [0.2, 0.25) is 0 Å². The molecule has 0 radical (unpaired) electrons. The minimum absolute atomic E-state index is 0.619. The molecule has 0 aliphatic carbocycles. The first-order valence-corrected chi connectivity index (χ1v) is 18.6. The molecule has 0 aliphatic heterocycles. The summed E-state index contributed by atoms with van der Waals surface area (Å²) in [6.07, 6.45) is 7.00. The van der Waals surface area contributed by atoms with Crippen LogP contribution in [-0.4, -0.2) is 20.2 Å². The van der Waals surface area contributed by atoms with E-state index in [2.05, 4.69) is 43.9 Å². The Balaban J connectivity index is 0.000000403. The molecule has 0 amide bonds. The highest BCUT2D eigenvalue weighted by Gasteiger charge is 2.30. The van der Waals surface area contributed by atoms with Crippen molar-refractivity contribution in [2.24, 2.45) is 10.2 Å². The van der Waals surface area contributed by atoms with Crippen LogP contribution in [-0.2, 0) is 11.2 Å². The zero-order valence-electron chi connectivity index (χ0n) is 31.6. The molecule has 8 aromatic rings. The van der Waals surface area contributed by atoms with Crippen molar-refractivity contribution in [1.29, 1.82) is 0 Å². The van der Waals surface area contributed by atoms with Crippen LogP contribution in [0.25, 0.3) is 0 Å². The molecule has 0 unspecified atom stereocenters. The summed E-state index contributed by atoms with van der Waals surface area (Å²) in [5, 5.41) is 32.4. The van der Waals surface area contributed by atoms with Crippen molar-refractivity contribution < 1.29 is 10.2 Å². The van der Waals surface area contributed by atoms with E-state index < -0.39 is 11.2 Å². The Morgan fingerprint density at radius 2 is 0.638 bits per heavy atom. The lowest BCUT2D eigenvalue weighted by Gasteiger charge is -2.23. The molecule has 6 nitrogen and oxygen atoms in total. The van der Waals surface area contributed by atoms with Crippen molar-refractivity contribution in [1.82, 2.24) is 9.97 Å². The number of hydrogen-bond acceptors (Lipinski definition) is 6. The number of aromatic nitrogens is 2. The van der Waals surface area contributed by atoms with Crippen molar-refractivity contribution in [2.75, 3.05) is 0 Å². The van der Waals surface area contributed by atoms with Gasteiger partial charge in [-0.1, -0.05) is 169 Å². The third kappa shape index (κ3) is 11.4. The molecule has 6 heteroatoms. The third-order valence-corrected chi connectivity index (χ3v) is 8.65. The first kappa shape index (κ1) is 39.9. The number of aliphatic hydroxyl groups is 2. The molecule has 0 atom stereocenters. The Bertz CT molecular complexity index is 2270. The molecule has 58 heavy (non-hydrogen) atoms. The van der Waals surface area contributed by atoms with Crippen LogP contribution in [0.2, 0.25) is 0 Å². The van der Waals surface area contributed by atoms with Gasteiger partial charge in [0, 0.05) is 58.2 Å². The van der Waals surface area contributed by atoms with Gasteiger partial charge in [-0.2, -0.15) is 10.2 Å². The van der Waals surface area contributed by atoms with Crippen LogP contribution in [0.3, 0.4) is 0 Å². The van der Waals surface area contributed by atoms with Crippen molar-refractivity contribution in [2.45, 2.75) is 11.2 Å². The summed E-state index contributed by atoms with van der Waals surface area (Å²) in [4.78, 5) is 7.57. The summed E-state index contributed by atoms with van der Waals surface area (Å²) in [6.45, 7) is 0. The number of rotatable bonds is 6. The Morgan fingerprint density at radius 3 is 0.897 bits per heavy atom. The Labute approximate surface area is 340 Å². The first-order chi connectivity index (χ1) is 28.5. The lowest BCUT2D eigenvalue weighted by molar-refractivity contribution is 0.145. The van der Waals surface area contributed by atoms with Gasteiger partial charge < -0.3 is 10.2 Å². The van der Waals surface area contributed by atoms with Gasteiger partial charge >= 0.3 is 0 Å². The van der Waals surface area contributed by atoms with Crippen LogP contribution in [0.1, 0.15) is 33.4 Å². The summed E-state index contributed by atoms with van der Waals surface area (Å²) in [5.74, 6) is 12.5. The second kappa shape index (κ2) is 20.8. The van der Waals surface area contributed by atoms with E-state index in [1.165, 1.54) is 0 Å². The molecule has 2 aromatic heterocycles. The van der Waals surface area contributed by atoms with Crippen molar-refractivity contribution in [3.63, 3.8) is 0 Å². The van der Waals surface area contributed by atoms with Crippen molar-refractivity contribution in [3.05, 3.63) is 264 Å². The average Bonchev–Trinajstić information content (AvgIpc) is 3.32. The third-order valence-electron chi connectivity index (χ3n) is 8.65. The Kier molecular flexibility index (Phi) is 14.3. The summed E-state index contributed by atoms with van der Waals surface area (Å²) < 4.78 is 0. The van der Waals surface area contributed by atoms with E-state index in [0.717, 1.165) is 0 Å². The normalized spacial score (nSPS) is 10.6. The molecule has 0 saturated heterocycles. The van der Waals surface area contributed by atoms with E-state index in [1.54, 1.807) is 24.8 Å². The fourth-order valence-electron chi connectivity index (χ4n) is 5.70. The fraction of sp³-hybridized carbons (Fsp3) is 0.0385. The Hall–Kier alpha value is -7.74. The van der Waals surface area contributed by atoms with Gasteiger partial charge in [-0.15, -0.1) is 0 Å². The number of hydrogen-bond donors (Lipinski definition) is 2. The monoisotopic (exact) mass is 752 g/mol. The van der Waals surface area contributed by atoms with E-state index in [0.29, 0.717) is 44.8 Å². The number of azo groups is 1. The molecule has 0 saturated carbocycles. The molecule has 0 aliphatic rings. The Morgan fingerprint density at radius 1 is 0.345 bits per heavy atom. The minimum Gasteiger partial charge on any atom is -0.369 e. The van der Waals surface area contributed by atoms with E-state index in [1.807, 2.05) is 206 Å². The lowest BCUT2D eigenvalue weighted by Crippen LogP contribution is -2.25. The van der Waals surface area contributed by atoms with Gasteiger partial charge in [0.1, 0.15) is 0 Å². The molecule has 280 valence electrons. The molecule has 8 rings (SSSR count). The summed E-state index contributed by atoms with van der Waals surface area (Å²) in [6, 6.07) is 64.0. The zero-order chi connectivity index (χ0) is 40.1. The van der Waals surface area contributed by atoms with Gasteiger partial charge in [-0.05, 0) is 60.7 Å². The van der Waals surface area contributed by atoms with Crippen LogP contribution in [0, 0.1) is 23.7 Å². The maximum atomic E-state index is 11.7. The van der Waals surface area contributed by atoms with Crippen LogP contribution < -0.4 is 0 Å². The molecule has 6 aromatic carbocycles. The average molecular weight is 753 g/mol. The molecule has 2 heterocycles. The zero-order valence-corrected chi connectivity index (χ0v) is 31.6. The van der Waals surface area contributed by atoms with E-state index in [4.69, 9.17) is 0 Å². The molecule has 0 bridgehead atoms. The van der Waals surface area contributed by atoms with Gasteiger partial charge in [0.05, 0.1) is 11.4 Å². The largest absolute Gasteiger partial charge is 0.369 e. The topological polar surface area (TPSA) is 91.0 Å². The van der Waals surface area contributed by atoms with Crippen LogP contribution in [0.15, 0.2) is 241 Å². The highest BCUT2D eigenvalue weighted by Crippen LogP contribution is 2.31. The maximum absolute atomic E-state index is 11.7. The fourth-order valence-corrected chi connectivity index (χ4v) is 5.70. The SMILES string of the molecule is OC(C#Cc1cccc(N=Nc2cccc(C#CC(O)(c3ccccc3)c3ccccc3)c2)c1)(c1ccccc1)c1ccccc1.c1ccncc1.c1ccncc1. The summed E-state index contributed by atoms with van der Waals surface area (Å²) in [5.41, 5.74) is 2.45. The number of benzene rings is 6. The molecule has 0 spiro atoms. The second-order valence-electron chi connectivity index (χ2n) is 12.7. The highest BCUT2D eigenvalue weighted by atomic mass is 16.3. The summed E-state index contributed by atoms with van der Waals surface area (Å²) >= 11 is 0. The first-order valence-electron chi connectivity index (χ1n) is 18.6. The standard InChI is InChI=1S/C42H30N2O2.2C5H5N/c45-41(35-17-5-1-6-18-35,36-19-7-2-8-20-36)29-27-33-15-13-25-39(31-33)43-44-40-26-14-16-34(32-40)28-30-42(46,37-21-9-3-10-22-37)38-23-11-4-12-24-38;2*1-2-4-6-5-3-1/h1-26,31-32,45-46H;2*1-5H. The lowest BCUT2D eigenvalue weighted by atomic mass is 9.86. The van der Waals surface area contributed by atoms with E-state index in [9.17, 15) is 10.2 Å². The molecular formula is C52H40N4O2. The summed E-state index contributed by atoms with van der Waals surface area (Å²) in [7, 11) is 0. The van der Waals surface area contributed by atoms with E-state index in [-0.39, 0.29) is 0 Å². The predicted octanol–water partition coefficient (Wildman–Crippen LogP) is 10.8. The van der Waals surface area contributed by atoms with Crippen LogP contribution >= 0.6 is 0 Å². The smallest absolute Gasteiger partial charge is 0.177 e. The van der Waals surface area contributed by atoms with Gasteiger partial charge in [0.15, 0.2) is 11.2 Å². The molecular weight excluding hydrogens is 713 g/mol. The molecule has 0 fully saturated rings. The second-order valence-corrected chi connectivity index (χ2v) is 12.7. The van der Waals surface area contributed by atoms with Gasteiger partial charge in [-0.3, -0.25) is 9.97 Å². The van der Waals surface area contributed by atoms with Gasteiger partial charge in [-0.25, -0.2) is 0 Å². The van der Waals surface area contributed by atoms with Crippen LogP contribution in [0.4, 0.5) is 11.4 Å². The predicted molar refractivity (Wildman–Crippen MR) is 231 cm³/mol. The highest BCUT2D eigenvalue weighted by molar-refractivity contribution is 5.53. The van der Waals surface area contributed by atoms with E-state index >= 15 is 0 Å².